The van der Waals surface area contributed by atoms with Crippen molar-refractivity contribution in [2.45, 2.75) is 25.7 Å². The molecule has 2 N–H and O–H groups in total. The number of unbranched alkanes of at least 4 members (excludes halogenated alkanes) is 1. The van der Waals surface area contributed by atoms with Crippen molar-refractivity contribution in [2.24, 2.45) is 0 Å². The quantitative estimate of drug-likeness (QED) is 0.542. The van der Waals surface area contributed by atoms with Gasteiger partial charge in [0.2, 0.25) is 10.0 Å². The summed E-state index contributed by atoms with van der Waals surface area (Å²) in [6.07, 6.45) is 1.54. The second kappa shape index (κ2) is 8.49. The summed E-state index contributed by atoms with van der Waals surface area (Å²) in [5, 5.41) is 8.35. The van der Waals surface area contributed by atoms with E-state index in [2.05, 4.69) is 4.72 Å². The number of methoxy groups -OCH3 is 1. The van der Waals surface area contributed by atoms with E-state index in [1.165, 1.54) is 0 Å². The van der Waals surface area contributed by atoms with Crippen LogP contribution < -0.4 is 4.72 Å². The van der Waals surface area contributed by atoms with Gasteiger partial charge in [-0.1, -0.05) is 0 Å². The van der Waals surface area contributed by atoms with Gasteiger partial charge in [0.05, 0.1) is 5.75 Å². The molecule has 0 amide bonds. The molecule has 0 heterocycles. The maximum atomic E-state index is 11.3. The number of sulfonamides is 1. The van der Waals surface area contributed by atoms with Crippen LogP contribution in [-0.4, -0.2) is 45.5 Å². The zero-order chi connectivity index (χ0) is 12.4. The summed E-state index contributed by atoms with van der Waals surface area (Å²) in [6, 6.07) is 0. The van der Waals surface area contributed by atoms with Gasteiger partial charge < -0.3 is 9.84 Å². The number of aliphatic carboxylic acids is 1. The van der Waals surface area contributed by atoms with Crippen LogP contribution in [0.5, 0.6) is 0 Å². The Hall–Kier alpha value is -0.660. The first kappa shape index (κ1) is 15.3. The fraction of sp³-hybridized carbons (Fsp3) is 0.889. The summed E-state index contributed by atoms with van der Waals surface area (Å²) in [7, 11) is -1.73. The minimum atomic E-state index is -3.32. The van der Waals surface area contributed by atoms with Crippen LogP contribution in [0.3, 0.4) is 0 Å². The second-order valence-electron chi connectivity index (χ2n) is 3.41. The monoisotopic (exact) mass is 253 g/mol. The largest absolute Gasteiger partial charge is 0.481 e. The molecule has 0 saturated carbocycles. The minimum Gasteiger partial charge on any atom is -0.481 e. The van der Waals surface area contributed by atoms with Crippen LogP contribution >= 0.6 is 0 Å². The molecule has 0 rings (SSSR count). The van der Waals surface area contributed by atoms with E-state index in [9.17, 15) is 13.2 Å². The number of hydrogen-bond acceptors (Lipinski definition) is 4. The highest BCUT2D eigenvalue weighted by atomic mass is 32.2. The van der Waals surface area contributed by atoms with Gasteiger partial charge in [0.25, 0.3) is 0 Å². The minimum absolute atomic E-state index is 0.120. The van der Waals surface area contributed by atoms with Crippen LogP contribution in [0.15, 0.2) is 0 Å². The predicted molar refractivity (Wildman–Crippen MR) is 59.8 cm³/mol. The Morgan fingerprint density at radius 2 is 2.00 bits per heavy atom. The topological polar surface area (TPSA) is 92.7 Å². The average Bonchev–Trinajstić information content (AvgIpc) is 2.16. The number of carboxylic acids is 1. The molecule has 0 unspecified atom stereocenters. The molecule has 0 aliphatic carbocycles. The highest BCUT2D eigenvalue weighted by Gasteiger charge is 2.09. The van der Waals surface area contributed by atoms with Crippen molar-refractivity contribution in [2.75, 3.05) is 26.0 Å². The second-order valence-corrected chi connectivity index (χ2v) is 5.34. The molecular formula is C9H19NO5S. The van der Waals surface area contributed by atoms with Gasteiger partial charge in [0.15, 0.2) is 0 Å². The van der Waals surface area contributed by atoms with Gasteiger partial charge >= 0.3 is 5.97 Å². The fourth-order valence-electron chi connectivity index (χ4n) is 1.08. The van der Waals surface area contributed by atoms with Crippen LogP contribution in [0.4, 0.5) is 0 Å². The lowest BCUT2D eigenvalue weighted by molar-refractivity contribution is -0.137. The average molecular weight is 253 g/mol. The molecule has 7 heteroatoms. The van der Waals surface area contributed by atoms with Gasteiger partial charge in [0.1, 0.15) is 0 Å². The zero-order valence-electron chi connectivity index (χ0n) is 9.44. The third kappa shape index (κ3) is 9.88. The Morgan fingerprint density at radius 3 is 2.56 bits per heavy atom. The van der Waals surface area contributed by atoms with Crippen molar-refractivity contribution in [1.29, 1.82) is 0 Å². The summed E-state index contributed by atoms with van der Waals surface area (Å²) in [4.78, 5) is 10.2. The van der Waals surface area contributed by atoms with Crippen molar-refractivity contribution in [3.05, 3.63) is 0 Å². The van der Waals surface area contributed by atoms with Gasteiger partial charge in [0, 0.05) is 26.7 Å². The van der Waals surface area contributed by atoms with Crippen LogP contribution in [0.25, 0.3) is 0 Å². The first-order valence-corrected chi connectivity index (χ1v) is 6.81. The van der Waals surface area contributed by atoms with Gasteiger partial charge in [-0.2, -0.15) is 0 Å². The van der Waals surface area contributed by atoms with E-state index < -0.39 is 16.0 Å². The van der Waals surface area contributed by atoms with E-state index in [4.69, 9.17) is 9.84 Å². The molecule has 0 fully saturated rings. The zero-order valence-corrected chi connectivity index (χ0v) is 10.3. The molecule has 0 radical (unpaired) electrons. The maximum Gasteiger partial charge on any atom is 0.303 e. The van der Waals surface area contributed by atoms with Crippen LogP contribution in [-0.2, 0) is 19.6 Å². The highest BCUT2D eigenvalue weighted by Crippen LogP contribution is 1.96. The van der Waals surface area contributed by atoms with Gasteiger partial charge in [-0.05, 0) is 19.3 Å². The maximum absolute atomic E-state index is 11.3. The number of hydrogen-bond donors (Lipinski definition) is 2. The molecule has 96 valence electrons. The Labute approximate surface area is 96.0 Å². The smallest absolute Gasteiger partial charge is 0.303 e. The molecule has 16 heavy (non-hydrogen) atoms. The molecule has 6 nitrogen and oxygen atoms in total. The summed E-state index contributed by atoms with van der Waals surface area (Å²) < 4.78 is 29.9. The summed E-state index contributed by atoms with van der Waals surface area (Å²) in [5.41, 5.74) is 0. The van der Waals surface area contributed by atoms with Gasteiger partial charge in [-0.15, -0.1) is 0 Å². The lowest BCUT2D eigenvalue weighted by Crippen LogP contribution is -2.27. The van der Waals surface area contributed by atoms with E-state index in [1.807, 2.05) is 0 Å². The van der Waals surface area contributed by atoms with Crippen molar-refractivity contribution < 1.29 is 23.1 Å². The molecule has 0 aliphatic rings. The van der Waals surface area contributed by atoms with Crippen LogP contribution in [0, 0.1) is 0 Å². The standard InChI is InChI=1S/C9H19NO5S/c1-15-7-3-2-6-10-16(13,14)8-4-5-9(11)12/h10H,2-8H2,1H3,(H,11,12). The van der Waals surface area contributed by atoms with Crippen molar-refractivity contribution in [3.8, 4) is 0 Å². The number of ether oxygens (including phenoxy) is 1. The van der Waals surface area contributed by atoms with Crippen LogP contribution in [0.1, 0.15) is 25.7 Å². The molecule has 0 aromatic carbocycles. The van der Waals surface area contributed by atoms with Crippen molar-refractivity contribution in [3.63, 3.8) is 0 Å². The SMILES string of the molecule is COCCCCNS(=O)(=O)CCCC(=O)O. The highest BCUT2D eigenvalue weighted by molar-refractivity contribution is 7.89. The summed E-state index contributed by atoms with van der Waals surface area (Å²) >= 11 is 0. The predicted octanol–water partition coefficient (Wildman–Crippen LogP) is 0.197. The van der Waals surface area contributed by atoms with E-state index in [0.29, 0.717) is 19.6 Å². The third-order valence-corrected chi connectivity index (χ3v) is 3.37. The number of carboxylic acid groups (broad SMARTS) is 1. The molecule has 0 aromatic rings. The van der Waals surface area contributed by atoms with E-state index in [-0.39, 0.29) is 18.6 Å². The lowest BCUT2D eigenvalue weighted by Gasteiger charge is -2.05. The molecule has 0 saturated heterocycles. The van der Waals surface area contributed by atoms with Gasteiger partial charge in [-0.3, -0.25) is 4.79 Å². The molecule has 0 aromatic heterocycles. The molecule has 0 spiro atoms. The molecule has 0 bridgehead atoms. The molecular weight excluding hydrogens is 234 g/mol. The molecule has 0 atom stereocenters. The summed E-state index contributed by atoms with van der Waals surface area (Å²) in [5.74, 6) is -1.11. The van der Waals surface area contributed by atoms with E-state index >= 15 is 0 Å². The Bertz CT molecular complexity index is 288. The van der Waals surface area contributed by atoms with Crippen molar-refractivity contribution >= 4 is 16.0 Å². The summed E-state index contributed by atoms with van der Waals surface area (Å²) in [6.45, 7) is 0.986. The fourth-order valence-corrected chi connectivity index (χ4v) is 2.21. The Kier molecular flexibility index (Phi) is 8.14. The first-order chi connectivity index (χ1) is 7.48. The van der Waals surface area contributed by atoms with Crippen molar-refractivity contribution in [1.82, 2.24) is 4.72 Å². The Morgan fingerprint density at radius 1 is 1.31 bits per heavy atom. The van der Waals surface area contributed by atoms with Gasteiger partial charge in [-0.25, -0.2) is 13.1 Å². The normalized spacial score (nSPS) is 11.6. The number of nitrogens with one attached hydrogen (secondary N) is 1. The lowest BCUT2D eigenvalue weighted by atomic mass is 10.3. The molecule has 0 aliphatic heterocycles. The first-order valence-electron chi connectivity index (χ1n) is 5.16. The number of rotatable bonds is 10. The van der Waals surface area contributed by atoms with E-state index in [1.54, 1.807) is 7.11 Å². The van der Waals surface area contributed by atoms with Crippen LogP contribution in [0.2, 0.25) is 0 Å². The Balaban J connectivity index is 3.58. The third-order valence-electron chi connectivity index (χ3n) is 1.90. The van der Waals surface area contributed by atoms with E-state index in [0.717, 1.165) is 6.42 Å². The number of carbonyl (C=O) groups is 1.